The molecular formula is C63H37N5S2. The smallest absolute Gasteiger partial charge is 0.165 e. The third-order valence-corrected chi connectivity index (χ3v) is 16.4. The molecule has 0 amide bonds. The molecule has 0 aliphatic carbocycles. The number of thiophene rings is 2. The van der Waals surface area contributed by atoms with E-state index in [1.54, 1.807) is 22.7 Å². The minimum Gasteiger partial charge on any atom is -0.309 e. The highest BCUT2D eigenvalue weighted by Crippen LogP contribution is 2.44. The quantitative estimate of drug-likeness (QED) is 0.167. The summed E-state index contributed by atoms with van der Waals surface area (Å²) in [6, 6.07) is 80.9. The summed E-state index contributed by atoms with van der Waals surface area (Å²) < 4.78 is 9.60. The van der Waals surface area contributed by atoms with E-state index in [9.17, 15) is 0 Å². The van der Waals surface area contributed by atoms with Gasteiger partial charge in [0.15, 0.2) is 17.5 Å². The van der Waals surface area contributed by atoms with Gasteiger partial charge in [0, 0.05) is 90.0 Å². The van der Waals surface area contributed by atoms with Crippen molar-refractivity contribution in [2.45, 2.75) is 0 Å². The van der Waals surface area contributed by atoms with Gasteiger partial charge in [-0.1, -0.05) is 140 Å². The van der Waals surface area contributed by atoms with Gasteiger partial charge in [-0.2, -0.15) is 0 Å². The molecule has 0 fully saturated rings. The van der Waals surface area contributed by atoms with E-state index >= 15 is 0 Å². The van der Waals surface area contributed by atoms with Gasteiger partial charge in [0.1, 0.15) is 0 Å². The van der Waals surface area contributed by atoms with Gasteiger partial charge in [0.2, 0.25) is 0 Å². The van der Waals surface area contributed by atoms with Crippen LogP contribution in [0.3, 0.4) is 0 Å². The molecule has 0 N–H and O–H groups in total. The maximum absolute atomic E-state index is 5.32. The van der Waals surface area contributed by atoms with Crippen LogP contribution in [0, 0.1) is 0 Å². The first-order valence-corrected chi connectivity index (χ1v) is 25.1. The lowest BCUT2D eigenvalue weighted by Gasteiger charge is -2.10. The molecule has 10 aromatic carbocycles. The largest absolute Gasteiger partial charge is 0.309 e. The molecule has 0 saturated carbocycles. The third kappa shape index (κ3) is 5.99. The molecule has 326 valence electrons. The summed E-state index contributed by atoms with van der Waals surface area (Å²) in [5.74, 6) is 2.00. The van der Waals surface area contributed by atoms with Gasteiger partial charge in [-0.15, -0.1) is 22.7 Å². The second-order valence-electron chi connectivity index (χ2n) is 17.9. The lowest BCUT2D eigenvalue weighted by molar-refractivity contribution is 1.08. The van der Waals surface area contributed by atoms with Crippen molar-refractivity contribution in [1.82, 2.24) is 24.1 Å². The average Bonchev–Trinajstić information content (AvgIpc) is 4.18. The summed E-state index contributed by atoms with van der Waals surface area (Å²) in [4.78, 5) is 15.7. The summed E-state index contributed by atoms with van der Waals surface area (Å²) >= 11 is 3.59. The van der Waals surface area contributed by atoms with E-state index in [4.69, 9.17) is 15.0 Å². The molecule has 0 unspecified atom stereocenters. The Kier molecular flexibility index (Phi) is 8.63. The van der Waals surface area contributed by atoms with Gasteiger partial charge < -0.3 is 9.13 Å². The summed E-state index contributed by atoms with van der Waals surface area (Å²) in [7, 11) is 0. The Morgan fingerprint density at radius 2 is 0.743 bits per heavy atom. The molecule has 0 atom stereocenters. The maximum Gasteiger partial charge on any atom is 0.165 e. The molecule has 5 aromatic heterocycles. The maximum atomic E-state index is 5.32. The van der Waals surface area contributed by atoms with E-state index < -0.39 is 0 Å². The zero-order valence-electron chi connectivity index (χ0n) is 37.4. The number of nitrogens with zero attached hydrogens (tertiary/aromatic N) is 5. The van der Waals surface area contributed by atoms with Crippen molar-refractivity contribution in [3.05, 3.63) is 224 Å². The van der Waals surface area contributed by atoms with Gasteiger partial charge in [-0.25, -0.2) is 15.0 Å². The van der Waals surface area contributed by atoms with Crippen LogP contribution < -0.4 is 0 Å². The first kappa shape index (κ1) is 39.3. The van der Waals surface area contributed by atoms with Crippen LogP contribution in [-0.4, -0.2) is 24.1 Å². The van der Waals surface area contributed by atoms with Crippen LogP contribution >= 0.6 is 22.7 Å². The molecule has 70 heavy (non-hydrogen) atoms. The average molecular weight is 928 g/mol. The van der Waals surface area contributed by atoms with Crippen molar-refractivity contribution >= 4 is 107 Å². The molecule has 5 heterocycles. The predicted octanol–water partition coefficient (Wildman–Crippen LogP) is 17.5. The summed E-state index contributed by atoms with van der Waals surface area (Å²) in [6.45, 7) is 0. The van der Waals surface area contributed by atoms with Crippen LogP contribution in [0.5, 0.6) is 0 Å². The van der Waals surface area contributed by atoms with Gasteiger partial charge >= 0.3 is 0 Å². The van der Waals surface area contributed by atoms with Crippen molar-refractivity contribution in [3.8, 4) is 56.7 Å². The highest BCUT2D eigenvalue weighted by Gasteiger charge is 2.21. The fourth-order valence-corrected chi connectivity index (χ4v) is 13.2. The van der Waals surface area contributed by atoms with Gasteiger partial charge in [0.05, 0.1) is 22.1 Å². The fourth-order valence-electron chi connectivity index (χ4n) is 10.8. The number of aromatic nitrogens is 5. The molecule has 0 aliphatic rings. The topological polar surface area (TPSA) is 48.5 Å². The SMILES string of the molecule is c1ccc(-c2nc(-c3cccc4c3sc3ccccc34)nc(-c3cccc4c3sc3ccc(-n5c6ccccc6c6cc(-c7ccc8c(c7)c7ccccc7n8-c7ccccc7)ccc65)cc34)n2)cc1. The van der Waals surface area contributed by atoms with Crippen LogP contribution in [0.25, 0.3) is 141 Å². The summed E-state index contributed by atoms with van der Waals surface area (Å²) in [6.07, 6.45) is 0. The standard InChI is InChI=1S/C63H37N5S2/c1-3-15-38(16-4-1)61-64-62(48-24-13-22-46-45-21-9-12-28-57(45)69-59(46)48)66-63(65-61)49-25-14-23-47-52-37-42(31-34-58(52)70-60(47)49)68-54-27-11-8-20-44(54)51-36-40(30-33-56(51)68)39-29-32-55-50(35-39)43-19-7-10-26-53(43)67(55)41-17-5-2-6-18-41/h1-37H. The Bertz CT molecular complexity index is 4600. The Morgan fingerprint density at radius 1 is 0.271 bits per heavy atom. The molecular weight excluding hydrogens is 891 g/mol. The van der Waals surface area contributed by atoms with E-state index in [1.165, 1.54) is 90.4 Å². The van der Waals surface area contributed by atoms with Crippen molar-refractivity contribution in [2.24, 2.45) is 0 Å². The highest BCUT2D eigenvalue weighted by molar-refractivity contribution is 7.26. The minimum absolute atomic E-state index is 0.657. The molecule has 0 bridgehead atoms. The van der Waals surface area contributed by atoms with Crippen molar-refractivity contribution in [1.29, 1.82) is 0 Å². The first-order chi connectivity index (χ1) is 34.7. The van der Waals surface area contributed by atoms with E-state index in [-0.39, 0.29) is 0 Å². The van der Waals surface area contributed by atoms with Crippen LogP contribution in [0.15, 0.2) is 224 Å². The zero-order valence-corrected chi connectivity index (χ0v) is 39.0. The molecule has 0 aliphatic heterocycles. The van der Waals surface area contributed by atoms with Gasteiger partial charge in [-0.3, -0.25) is 0 Å². The normalized spacial score (nSPS) is 12.0. The molecule has 0 radical (unpaired) electrons. The lowest BCUT2D eigenvalue weighted by Crippen LogP contribution is -2.00. The number of hydrogen-bond donors (Lipinski definition) is 0. The number of para-hydroxylation sites is 3. The Hall–Kier alpha value is -8.75. The number of fused-ring (bicyclic) bond motifs is 12. The molecule has 15 aromatic rings. The van der Waals surface area contributed by atoms with Crippen molar-refractivity contribution in [3.63, 3.8) is 0 Å². The third-order valence-electron chi connectivity index (χ3n) is 14.0. The lowest BCUT2D eigenvalue weighted by atomic mass is 10.0. The van der Waals surface area contributed by atoms with Gasteiger partial charge in [-0.05, 0) is 96.1 Å². The number of hydrogen-bond acceptors (Lipinski definition) is 5. The number of rotatable bonds is 6. The van der Waals surface area contributed by atoms with Crippen LogP contribution in [-0.2, 0) is 0 Å². The van der Waals surface area contributed by atoms with E-state index in [0.29, 0.717) is 17.5 Å². The van der Waals surface area contributed by atoms with Crippen molar-refractivity contribution in [2.75, 3.05) is 0 Å². The van der Waals surface area contributed by atoms with Crippen molar-refractivity contribution < 1.29 is 0 Å². The highest BCUT2D eigenvalue weighted by atomic mass is 32.1. The van der Waals surface area contributed by atoms with Crippen LogP contribution in [0.4, 0.5) is 0 Å². The fraction of sp³-hybridized carbons (Fsp3) is 0. The molecule has 7 heteroatoms. The monoisotopic (exact) mass is 927 g/mol. The number of benzene rings is 10. The zero-order chi connectivity index (χ0) is 45.9. The second-order valence-corrected chi connectivity index (χ2v) is 20.0. The summed E-state index contributed by atoms with van der Waals surface area (Å²) in [5, 5.41) is 9.80. The van der Waals surface area contributed by atoms with Crippen LogP contribution in [0.2, 0.25) is 0 Å². The summed E-state index contributed by atoms with van der Waals surface area (Å²) in [5.41, 5.74) is 12.4. The first-order valence-electron chi connectivity index (χ1n) is 23.5. The molecule has 0 spiro atoms. The molecule has 5 nitrogen and oxygen atoms in total. The van der Waals surface area contributed by atoms with Gasteiger partial charge in [0.25, 0.3) is 0 Å². The van der Waals surface area contributed by atoms with E-state index in [2.05, 4.69) is 215 Å². The Morgan fingerprint density at radius 3 is 1.37 bits per heavy atom. The Labute approximate surface area is 409 Å². The molecule has 15 rings (SSSR count). The Balaban J connectivity index is 0.866. The van der Waals surface area contributed by atoms with E-state index in [0.717, 1.165) is 32.8 Å². The van der Waals surface area contributed by atoms with Crippen LogP contribution in [0.1, 0.15) is 0 Å². The second kappa shape index (κ2) is 15.4. The minimum atomic E-state index is 0.657. The van der Waals surface area contributed by atoms with E-state index in [1.807, 2.05) is 18.2 Å². The predicted molar refractivity (Wildman–Crippen MR) is 296 cm³/mol. The molecule has 0 saturated heterocycles.